The average molecular weight is 307 g/mol. The molecule has 1 aromatic rings. The number of carbonyl (C=O) groups excluding carboxylic acids is 1. The summed E-state index contributed by atoms with van der Waals surface area (Å²) >= 11 is 9.36. The molecule has 0 spiro atoms. The minimum atomic E-state index is 0.496. The van der Waals surface area contributed by atoms with E-state index < -0.39 is 0 Å². The van der Waals surface area contributed by atoms with Gasteiger partial charge in [-0.1, -0.05) is 11.6 Å². The summed E-state index contributed by atoms with van der Waals surface area (Å²) in [5, 5.41) is 3.54. The number of benzene rings is 1. The van der Waals surface area contributed by atoms with Gasteiger partial charge in [0.15, 0.2) is 6.29 Å². The monoisotopic (exact) mass is 305 g/mol. The summed E-state index contributed by atoms with van der Waals surface area (Å²) < 4.78 is 6.24. The fraction of sp³-hybridized carbons (Fsp3) is 0.364. The van der Waals surface area contributed by atoms with Crippen molar-refractivity contribution in [3.8, 4) is 5.75 Å². The number of rotatable bonds is 5. The third-order valence-corrected chi connectivity index (χ3v) is 3.49. The van der Waals surface area contributed by atoms with Crippen molar-refractivity contribution in [1.82, 2.24) is 5.32 Å². The minimum Gasteiger partial charge on any atom is -0.491 e. The predicted octanol–water partition coefficient (Wildman–Crippen LogP) is 2.82. The number of hydrogen-bond acceptors (Lipinski definition) is 3. The molecule has 0 atom stereocenters. The van der Waals surface area contributed by atoms with Gasteiger partial charge in [-0.3, -0.25) is 4.79 Å². The lowest BCUT2D eigenvalue weighted by molar-refractivity contribution is 0.111. The number of ether oxygens (including phenoxy) is 1. The van der Waals surface area contributed by atoms with Crippen molar-refractivity contribution in [1.29, 1.82) is 0 Å². The van der Waals surface area contributed by atoms with E-state index in [0.717, 1.165) is 11.8 Å². The molecule has 1 aromatic carbocycles. The number of aldehydes is 1. The van der Waals surface area contributed by atoms with Crippen molar-refractivity contribution >= 4 is 33.8 Å². The number of halogens is 2. The Bertz CT molecular complexity index is 396. The van der Waals surface area contributed by atoms with Gasteiger partial charge < -0.3 is 10.1 Å². The van der Waals surface area contributed by atoms with E-state index in [4.69, 9.17) is 16.3 Å². The van der Waals surface area contributed by atoms with Gasteiger partial charge >= 0.3 is 0 Å². The van der Waals surface area contributed by atoms with Gasteiger partial charge in [0.2, 0.25) is 0 Å². The molecule has 1 rings (SSSR count). The van der Waals surface area contributed by atoms with Crippen LogP contribution < -0.4 is 10.1 Å². The Balaban J connectivity index is 3.04. The molecule has 0 fully saturated rings. The fourth-order valence-electron chi connectivity index (χ4n) is 1.30. The van der Waals surface area contributed by atoms with Gasteiger partial charge in [-0.15, -0.1) is 0 Å². The smallest absolute Gasteiger partial charge is 0.153 e. The van der Waals surface area contributed by atoms with Gasteiger partial charge in [0.05, 0.1) is 10.6 Å². The number of hydrogen-bond donors (Lipinski definition) is 1. The molecule has 5 heteroatoms. The van der Waals surface area contributed by atoms with Crippen molar-refractivity contribution in [3.63, 3.8) is 0 Å². The maximum atomic E-state index is 10.9. The second-order valence-corrected chi connectivity index (χ2v) is 4.52. The molecule has 0 saturated heterocycles. The first-order valence-corrected chi connectivity index (χ1v) is 6.00. The SMILES string of the molecule is CNCCOc1c(C=O)cc(Br)c(Cl)c1C. The van der Waals surface area contributed by atoms with Crippen molar-refractivity contribution < 1.29 is 9.53 Å². The van der Waals surface area contributed by atoms with Crippen molar-refractivity contribution in [2.45, 2.75) is 6.92 Å². The first kappa shape index (κ1) is 13.5. The van der Waals surface area contributed by atoms with Crippen LogP contribution in [-0.4, -0.2) is 26.5 Å². The van der Waals surface area contributed by atoms with Crippen molar-refractivity contribution in [2.75, 3.05) is 20.2 Å². The van der Waals surface area contributed by atoms with E-state index in [1.165, 1.54) is 0 Å². The van der Waals surface area contributed by atoms with E-state index >= 15 is 0 Å². The molecular formula is C11H13BrClNO2. The van der Waals surface area contributed by atoms with Gasteiger partial charge in [0, 0.05) is 16.6 Å². The Morgan fingerprint density at radius 3 is 2.88 bits per heavy atom. The molecule has 0 radical (unpaired) electrons. The highest BCUT2D eigenvalue weighted by Crippen LogP contribution is 2.35. The van der Waals surface area contributed by atoms with Gasteiger partial charge in [0.1, 0.15) is 12.4 Å². The maximum absolute atomic E-state index is 10.9. The molecule has 0 aliphatic rings. The van der Waals surface area contributed by atoms with Gasteiger partial charge in [0.25, 0.3) is 0 Å². The molecule has 3 nitrogen and oxygen atoms in total. The number of carbonyl (C=O) groups is 1. The Morgan fingerprint density at radius 1 is 1.62 bits per heavy atom. The van der Waals surface area contributed by atoms with E-state index in [2.05, 4.69) is 21.2 Å². The zero-order valence-corrected chi connectivity index (χ0v) is 11.5. The van der Waals surface area contributed by atoms with Crippen molar-refractivity contribution in [2.24, 2.45) is 0 Å². The molecular weight excluding hydrogens is 293 g/mol. The molecule has 0 saturated carbocycles. The first-order chi connectivity index (χ1) is 7.61. The summed E-state index contributed by atoms with van der Waals surface area (Å²) in [5.41, 5.74) is 1.28. The van der Waals surface area contributed by atoms with E-state index in [-0.39, 0.29) is 0 Å². The highest BCUT2D eigenvalue weighted by atomic mass is 79.9. The van der Waals surface area contributed by atoms with E-state index in [1.807, 2.05) is 14.0 Å². The highest BCUT2D eigenvalue weighted by Gasteiger charge is 2.13. The Labute approximate surface area is 108 Å². The second kappa shape index (κ2) is 6.23. The summed E-state index contributed by atoms with van der Waals surface area (Å²) in [6, 6.07) is 1.66. The average Bonchev–Trinajstić information content (AvgIpc) is 2.29. The first-order valence-electron chi connectivity index (χ1n) is 4.83. The molecule has 88 valence electrons. The highest BCUT2D eigenvalue weighted by molar-refractivity contribution is 9.10. The van der Waals surface area contributed by atoms with Crippen LogP contribution in [0.25, 0.3) is 0 Å². The van der Waals surface area contributed by atoms with Gasteiger partial charge in [-0.05, 0) is 36.0 Å². The summed E-state index contributed by atoms with van der Waals surface area (Å²) in [6.45, 7) is 3.04. The van der Waals surface area contributed by atoms with E-state index in [0.29, 0.717) is 34.0 Å². The van der Waals surface area contributed by atoms with E-state index in [1.54, 1.807) is 6.07 Å². The summed E-state index contributed by atoms with van der Waals surface area (Å²) in [7, 11) is 1.84. The standard InChI is InChI=1S/C11H13BrClNO2/c1-7-10(13)9(12)5-8(6-15)11(7)16-4-3-14-2/h5-6,14H,3-4H2,1-2H3. The van der Waals surface area contributed by atoms with Crippen LogP contribution in [0.15, 0.2) is 10.5 Å². The minimum absolute atomic E-state index is 0.496. The number of nitrogens with one attached hydrogen (secondary N) is 1. The third kappa shape index (κ3) is 2.97. The Morgan fingerprint density at radius 2 is 2.31 bits per heavy atom. The molecule has 16 heavy (non-hydrogen) atoms. The van der Waals surface area contributed by atoms with Crippen LogP contribution in [0.1, 0.15) is 15.9 Å². The Hall–Kier alpha value is -0.580. The summed E-state index contributed by atoms with van der Waals surface area (Å²) in [4.78, 5) is 10.9. The molecule has 0 bridgehead atoms. The van der Waals surface area contributed by atoms with Crippen LogP contribution >= 0.6 is 27.5 Å². The second-order valence-electron chi connectivity index (χ2n) is 3.29. The lowest BCUT2D eigenvalue weighted by atomic mass is 10.1. The molecule has 0 heterocycles. The molecule has 0 amide bonds. The third-order valence-electron chi connectivity index (χ3n) is 2.15. The fourth-order valence-corrected chi connectivity index (χ4v) is 1.98. The lowest BCUT2D eigenvalue weighted by Crippen LogP contribution is -2.17. The Kier molecular flexibility index (Phi) is 5.25. The van der Waals surface area contributed by atoms with Crippen LogP contribution in [0.2, 0.25) is 5.02 Å². The lowest BCUT2D eigenvalue weighted by Gasteiger charge is -2.13. The van der Waals surface area contributed by atoms with E-state index in [9.17, 15) is 4.79 Å². The topological polar surface area (TPSA) is 38.3 Å². The summed E-state index contributed by atoms with van der Waals surface area (Å²) in [5.74, 6) is 0.554. The van der Waals surface area contributed by atoms with Gasteiger partial charge in [-0.25, -0.2) is 0 Å². The molecule has 0 aromatic heterocycles. The van der Waals surface area contributed by atoms with Crippen LogP contribution in [0.3, 0.4) is 0 Å². The normalized spacial score (nSPS) is 10.2. The zero-order valence-electron chi connectivity index (χ0n) is 9.14. The zero-order chi connectivity index (χ0) is 12.1. The van der Waals surface area contributed by atoms with Crippen molar-refractivity contribution in [3.05, 3.63) is 26.7 Å². The molecule has 1 N–H and O–H groups in total. The van der Waals surface area contributed by atoms with Crippen LogP contribution in [0, 0.1) is 6.92 Å². The summed E-state index contributed by atoms with van der Waals surface area (Å²) in [6.07, 6.45) is 0.767. The maximum Gasteiger partial charge on any atom is 0.153 e. The largest absolute Gasteiger partial charge is 0.491 e. The van der Waals surface area contributed by atoms with Crippen LogP contribution in [0.4, 0.5) is 0 Å². The molecule has 0 unspecified atom stereocenters. The van der Waals surface area contributed by atoms with Gasteiger partial charge in [-0.2, -0.15) is 0 Å². The number of likely N-dealkylation sites (N-methyl/N-ethyl adjacent to an activating group) is 1. The molecule has 0 aliphatic carbocycles. The predicted molar refractivity (Wildman–Crippen MR) is 68.7 cm³/mol. The van der Waals surface area contributed by atoms with Crippen LogP contribution in [0.5, 0.6) is 5.75 Å². The van der Waals surface area contributed by atoms with Crippen LogP contribution in [-0.2, 0) is 0 Å². The quantitative estimate of drug-likeness (QED) is 0.671. The molecule has 0 aliphatic heterocycles.